The van der Waals surface area contributed by atoms with Gasteiger partial charge in [0.2, 0.25) is 5.91 Å². The summed E-state index contributed by atoms with van der Waals surface area (Å²) in [5, 5.41) is 12.5. The van der Waals surface area contributed by atoms with E-state index in [1.807, 2.05) is 30.3 Å². The number of benzene rings is 1. The van der Waals surface area contributed by atoms with Crippen LogP contribution in [0.2, 0.25) is 0 Å². The molecular weight excluding hydrogens is 284 g/mol. The SMILES string of the molecule is NC(=O)C(O)C(Cc1ccccc1)NC(=O)OC1CCCC1. The molecule has 0 bridgehead atoms. The van der Waals surface area contributed by atoms with Gasteiger partial charge in [-0.05, 0) is 37.7 Å². The van der Waals surface area contributed by atoms with Gasteiger partial charge in [0.1, 0.15) is 6.10 Å². The number of primary amides is 1. The number of nitrogens with one attached hydrogen (secondary N) is 1. The average molecular weight is 306 g/mol. The highest BCUT2D eigenvalue weighted by Crippen LogP contribution is 2.21. The van der Waals surface area contributed by atoms with Crippen LogP contribution in [0.1, 0.15) is 31.2 Å². The van der Waals surface area contributed by atoms with Crippen molar-refractivity contribution in [1.82, 2.24) is 5.32 Å². The van der Waals surface area contributed by atoms with Gasteiger partial charge in [-0.3, -0.25) is 4.79 Å². The molecule has 0 aliphatic heterocycles. The molecule has 2 unspecified atom stereocenters. The molecule has 22 heavy (non-hydrogen) atoms. The molecule has 6 nitrogen and oxygen atoms in total. The Bertz CT molecular complexity index is 500. The molecule has 1 aliphatic carbocycles. The van der Waals surface area contributed by atoms with Gasteiger partial charge in [0.05, 0.1) is 6.04 Å². The number of aliphatic hydroxyl groups excluding tert-OH is 1. The Morgan fingerprint density at radius 2 is 1.91 bits per heavy atom. The van der Waals surface area contributed by atoms with Gasteiger partial charge in [-0.25, -0.2) is 4.79 Å². The number of alkyl carbamates (subject to hydrolysis) is 1. The summed E-state index contributed by atoms with van der Waals surface area (Å²) in [7, 11) is 0. The lowest BCUT2D eigenvalue weighted by Gasteiger charge is -2.23. The normalized spacial score (nSPS) is 17.7. The van der Waals surface area contributed by atoms with Crippen molar-refractivity contribution < 1.29 is 19.4 Å². The Morgan fingerprint density at radius 1 is 1.27 bits per heavy atom. The lowest BCUT2D eigenvalue weighted by molar-refractivity contribution is -0.127. The van der Waals surface area contributed by atoms with Gasteiger partial charge in [-0.15, -0.1) is 0 Å². The molecule has 0 aromatic heterocycles. The van der Waals surface area contributed by atoms with Gasteiger partial charge in [-0.1, -0.05) is 30.3 Å². The molecule has 0 heterocycles. The largest absolute Gasteiger partial charge is 0.446 e. The van der Waals surface area contributed by atoms with E-state index in [1.165, 1.54) is 0 Å². The second-order valence-corrected chi connectivity index (χ2v) is 5.60. The first-order valence-electron chi connectivity index (χ1n) is 7.54. The predicted octanol–water partition coefficient (Wildman–Crippen LogP) is 1.11. The molecule has 120 valence electrons. The molecule has 1 fully saturated rings. The maximum Gasteiger partial charge on any atom is 0.407 e. The molecule has 0 saturated heterocycles. The average Bonchev–Trinajstić information content (AvgIpc) is 2.99. The molecule has 2 rings (SSSR count). The summed E-state index contributed by atoms with van der Waals surface area (Å²) in [6.45, 7) is 0. The molecule has 4 N–H and O–H groups in total. The first-order chi connectivity index (χ1) is 10.6. The van der Waals surface area contributed by atoms with Crippen LogP contribution in [0, 0.1) is 0 Å². The fraction of sp³-hybridized carbons (Fsp3) is 0.500. The molecule has 1 saturated carbocycles. The summed E-state index contributed by atoms with van der Waals surface area (Å²) < 4.78 is 5.30. The fourth-order valence-corrected chi connectivity index (χ4v) is 2.65. The van der Waals surface area contributed by atoms with Crippen LogP contribution in [0.4, 0.5) is 4.79 Å². The van der Waals surface area contributed by atoms with Crippen LogP contribution >= 0.6 is 0 Å². The van der Waals surface area contributed by atoms with E-state index >= 15 is 0 Å². The van der Waals surface area contributed by atoms with Crippen molar-refractivity contribution in [1.29, 1.82) is 0 Å². The van der Waals surface area contributed by atoms with Crippen LogP contribution in [0.5, 0.6) is 0 Å². The number of ether oxygens (including phenoxy) is 1. The van der Waals surface area contributed by atoms with Crippen LogP contribution < -0.4 is 11.1 Å². The van der Waals surface area contributed by atoms with Gasteiger partial charge in [-0.2, -0.15) is 0 Å². The van der Waals surface area contributed by atoms with Crippen molar-refractivity contribution in [3.05, 3.63) is 35.9 Å². The van der Waals surface area contributed by atoms with Crippen LogP contribution in [0.25, 0.3) is 0 Å². The number of nitrogens with two attached hydrogens (primary N) is 1. The Kier molecular flexibility index (Phi) is 5.77. The molecular formula is C16H22N2O4. The molecule has 1 aromatic rings. The van der Waals surface area contributed by atoms with Gasteiger partial charge in [0.15, 0.2) is 6.10 Å². The van der Waals surface area contributed by atoms with Crippen molar-refractivity contribution in [2.24, 2.45) is 5.73 Å². The molecule has 1 aromatic carbocycles. The molecule has 1 aliphatic rings. The van der Waals surface area contributed by atoms with E-state index in [1.54, 1.807) is 0 Å². The van der Waals surface area contributed by atoms with E-state index in [0.717, 1.165) is 31.2 Å². The van der Waals surface area contributed by atoms with Crippen LogP contribution in [-0.4, -0.2) is 35.4 Å². The van der Waals surface area contributed by atoms with Crippen molar-refractivity contribution in [2.75, 3.05) is 0 Å². The Hall–Kier alpha value is -2.08. The van der Waals surface area contributed by atoms with Crippen LogP contribution in [0.3, 0.4) is 0 Å². The number of rotatable bonds is 6. The van der Waals surface area contributed by atoms with Crippen molar-refractivity contribution >= 4 is 12.0 Å². The van der Waals surface area contributed by atoms with E-state index in [2.05, 4.69) is 5.32 Å². The zero-order chi connectivity index (χ0) is 15.9. The van der Waals surface area contributed by atoms with Crippen LogP contribution in [-0.2, 0) is 16.0 Å². The van der Waals surface area contributed by atoms with Crippen LogP contribution in [0.15, 0.2) is 30.3 Å². The zero-order valence-electron chi connectivity index (χ0n) is 12.4. The Morgan fingerprint density at radius 3 is 2.50 bits per heavy atom. The molecule has 0 radical (unpaired) electrons. The zero-order valence-corrected chi connectivity index (χ0v) is 12.4. The number of carbonyl (C=O) groups excluding carboxylic acids is 2. The van der Waals surface area contributed by atoms with Crippen molar-refractivity contribution in [2.45, 2.75) is 50.4 Å². The highest BCUT2D eigenvalue weighted by Gasteiger charge is 2.28. The van der Waals surface area contributed by atoms with Gasteiger partial charge >= 0.3 is 6.09 Å². The number of amides is 2. The first-order valence-corrected chi connectivity index (χ1v) is 7.54. The molecule has 2 atom stereocenters. The van der Waals surface area contributed by atoms with Crippen molar-refractivity contribution in [3.8, 4) is 0 Å². The highest BCUT2D eigenvalue weighted by atomic mass is 16.6. The minimum absolute atomic E-state index is 0.0805. The monoisotopic (exact) mass is 306 g/mol. The summed E-state index contributed by atoms with van der Waals surface area (Å²) in [4.78, 5) is 23.2. The highest BCUT2D eigenvalue weighted by molar-refractivity contribution is 5.80. The van der Waals surface area contributed by atoms with Gasteiger partial charge in [0.25, 0.3) is 0 Å². The van der Waals surface area contributed by atoms with E-state index in [9.17, 15) is 14.7 Å². The second kappa shape index (κ2) is 7.79. The minimum atomic E-state index is -1.46. The second-order valence-electron chi connectivity index (χ2n) is 5.60. The van der Waals surface area contributed by atoms with E-state index in [0.29, 0.717) is 6.42 Å². The predicted molar refractivity (Wildman–Crippen MR) is 81.0 cm³/mol. The van der Waals surface area contributed by atoms with E-state index in [4.69, 9.17) is 10.5 Å². The summed E-state index contributed by atoms with van der Waals surface area (Å²) in [5.74, 6) is -0.873. The maximum atomic E-state index is 11.9. The van der Waals surface area contributed by atoms with Crippen molar-refractivity contribution in [3.63, 3.8) is 0 Å². The summed E-state index contributed by atoms with van der Waals surface area (Å²) in [5.41, 5.74) is 6.03. The lowest BCUT2D eigenvalue weighted by Crippen LogP contribution is -2.50. The smallest absolute Gasteiger partial charge is 0.407 e. The minimum Gasteiger partial charge on any atom is -0.446 e. The van der Waals surface area contributed by atoms with E-state index in [-0.39, 0.29) is 6.10 Å². The standard InChI is InChI=1S/C16H22N2O4/c17-15(20)14(19)13(10-11-6-2-1-3-7-11)18-16(21)22-12-8-4-5-9-12/h1-3,6-7,12-14,19H,4-5,8-10H2,(H2,17,20)(H,18,21). The van der Waals surface area contributed by atoms with Gasteiger partial charge in [0, 0.05) is 0 Å². The fourth-order valence-electron chi connectivity index (χ4n) is 2.65. The summed E-state index contributed by atoms with van der Waals surface area (Å²) >= 11 is 0. The Labute approximate surface area is 129 Å². The first kappa shape index (κ1) is 16.3. The van der Waals surface area contributed by atoms with Gasteiger partial charge < -0.3 is 20.9 Å². The number of hydrogen-bond acceptors (Lipinski definition) is 4. The lowest BCUT2D eigenvalue weighted by atomic mass is 10.0. The third-order valence-corrected chi connectivity index (χ3v) is 3.85. The summed E-state index contributed by atoms with van der Waals surface area (Å²) in [6.07, 6.45) is 1.95. The number of aliphatic hydroxyl groups is 1. The topological polar surface area (TPSA) is 102 Å². The molecule has 2 amide bonds. The third-order valence-electron chi connectivity index (χ3n) is 3.85. The number of hydrogen-bond donors (Lipinski definition) is 3. The Balaban J connectivity index is 1.97. The third kappa shape index (κ3) is 4.73. The van der Waals surface area contributed by atoms with E-state index < -0.39 is 24.1 Å². The quantitative estimate of drug-likeness (QED) is 0.732. The molecule has 0 spiro atoms. The molecule has 6 heteroatoms. The number of carbonyl (C=O) groups is 2. The summed E-state index contributed by atoms with van der Waals surface area (Å²) in [6, 6.07) is 8.45. The maximum absolute atomic E-state index is 11.9.